The molecule has 0 spiro atoms. The fourth-order valence-corrected chi connectivity index (χ4v) is 3.08. The Kier molecular flexibility index (Phi) is 5.46. The average Bonchev–Trinajstić information content (AvgIpc) is 3.03. The summed E-state index contributed by atoms with van der Waals surface area (Å²) in [5.41, 5.74) is 2.61. The molecule has 1 aliphatic rings. The predicted octanol–water partition coefficient (Wildman–Crippen LogP) is 3.29. The van der Waals surface area contributed by atoms with Crippen molar-refractivity contribution in [2.24, 2.45) is 0 Å². The maximum atomic E-state index is 12.1. The molecular weight excluding hydrogens is 314 g/mol. The van der Waals surface area contributed by atoms with E-state index in [1.807, 2.05) is 18.2 Å². The average molecular weight is 337 g/mol. The van der Waals surface area contributed by atoms with Crippen LogP contribution in [0.4, 0.5) is 10.5 Å². The second-order valence-corrected chi connectivity index (χ2v) is 6.44. The zero-order chi connectivity index (χ0) is 17.6. The molecular formula is C20H23N3O2. The molecule has 130 valence electrons. The van der Waals surface area contributed by atoms with Crippen LogP contribution in [0.25, 0.3) is 0 Å². The zero-order valence-electron chi connectivity index (χ0n) is 14.4. The van der Waals surface area contributed by atoms with Crippen molar-refractivity contribution in [3.05, 3.63) is 65.7 Å². The van der Waals surface area contributed by atoms with Gasteiger partial charge < -0.3 is 10.6 Å². The van der Waals surface area contributed by atoms with Gasteiger partial charge in [0.2, 0.25) is 0 Å². The molecule has 1 saturated heterocycles. The van der Waals surface area contributed by atoms with Crippen LogP contribution in [-0.4, -0.2) is 35.8 Å². The van der Waals surface area contributed by atoms with Crippen LogP contribution >= 0.6 is 0 Å². The van der Waals surface area contributed by atoms with Gasteiger partial charge in [0.25, 0.3) is 0 Å². The van der Waals surface area contributed by atoms with Crippen LogP contribution in [0.2, 0.25) is 0 Å². The van der Waals surface area contributed by atoms with Crippen molar-refractivity contribution in [2.45, 2.75) is 25.9 Å². The van der Waals surface area contributed by atoms with Gasteiger partial charge in [0, 0.05) is 36.9 Å². The Bertz CT molecular complexity index is 728. The number of ketones is 1. The molecule has 3 rings (SSSR count). The number of urea groups is 1. The highest BCUT2D eigenvalue weighted by atomic mass is 16.2. The van der Waals surface area contributed by atoms with E-state index in [-0.39, 0.29) is 17.9 Å². The quantitative estimate of drug-likeness (QED) is 0.823. The van der Waals surface area contributed by atoms with E-state index in [0.717, 1.165) is 26.1 Å². The highest BCUT2D eigenvalue weighted by Gasteiger charge is 2.23. The summed E-state index contributed by atoms with van der Waals surface area (Å²) in [6.07, 6.45) is 0.948. The van der Waals surface area contributed by atoms with Crippen LogP contribution in [0.3, 0.4) is 0 Å². The van der Waals surface area contributed by atoms with Crippen molar-refractivity contribution in [3.63, 3.8) is 0 Å². The van der Waals surface area contributed by atoms with Gasteiger partial charge in [-0.3, -0.25) is 9.69 Å². The van der Waals surface area contributed by atoms with Crippen LogP contribution in [0, 0.1) is 0 Å². The minimum atomic E-state index is -0.206. The van der Waals surface area contributed by atoms with Gasteiger partial charge in [-0.1, -0.05) is 30.3 Å². The summed E-state index contributed by atoms with van der Waals surface area (Å²) < 4.78 is 0. The first kappa shape index (κ1) is 17.2. The molecule has 2 N–H and O–H groups in total. The highest BCUT2D eigenvalue weighted by Crippen LogP contribution is 2.14. The van der Waals surface area contributed by atoms with E-state index in [1.54, 1.807) is 24.3 Å². The molecule has 0 saturated carbocycles. The fourth-order valence-electron chi connectivity index (χ4n) is 3.08. The Balaban J connectivity index is 1.46. The van der Waals surface area contributed by atoms with Crippen molar-refractivity contribution in [1.29, 1.82) is 0 Å². The highest BCUT2D eigenvalue weighted by molar-refractivity contribution is 5.95. The first-order chi connectivity index (χ1) is 12.1. The number of carbonyl (C=O) groups excluding carboxylic acids is 2. The fraction of sp³-hybridized carbons (Fsp3) is 0.300. The van der Waals surface area contributed by atoms with Crippen molar-refractivity contribution in [3.8, 4) is 0 Å². The minimum absolute atomic E-state index is 0.0143. The predicted molar refractivity (Wildman–Crippen MR) is 98.7 cm³/mol. The summed E-state index contributed by atoms with van der Waals surface area (Å²) in [5, 5.41) is 5.84. The van der Waals surface area contributed by atoms with Gasteiger partial charge in [0.05, 0.1) is 0 Å². The number of hydrogen-bond acceptors (Lipinski definition) is 3. The second-order valence-electron chi connectivity index (χ2n) is 6.44. The summed E-state index contributed by atoms with van der Waals surface area (Å²) >= 11 is 0. The maximum Gasteiger partial charge on any atom is 0.319 e. The number of anilines is 1. The lowest BCUT2D eigenvalue weighted by molar-refractivity contribution is 0.101. The Morgan fingerprint density at radius 3 is 2.48 bits per heavy atom. The van der Waals surface area contributed by atoms with Crippen molar-refractivity contribution >= 4 is 17.5 Å². The van der Waals surface area contributed by atoms with E-state index < -0.39 is 0 Å². The van der Waals surface area contributed by atoms with Gasteiger partial charge in [0.1, 0.15) is 0 Å². The first-order valence-electron chi connectivity index (χ1n) is 8.55. The molecule has 2 aromatic carbocycles. The number of rotatable bonds is 5. The van der Waals surface area contributed by atoms with E-state index in [1.165, 1.54) is 12.5 Å². The van der Waals surface area contributed by atoms with E-state index in [0.29, 0.717) is 11.3 Å². The molecule has 0 aliphatic carbocycles. The molecule has 1 unspecified atom stereocenters. The summed E-state index contributed by atoms with van der Waals surface area (Å²) in [6.45, 7) is 4.27. The molecule has 0 radical (unpaired) electrons. The summed E-state index contributed by atoms with van der Waals surface area (Å²) in [5.74, 6) is 0.0143. The van der Waals surface area contributed by atoms with Gasteiger partial charge >= 0.3 is 6.03 Å². The maximum absolute atomic E-state index is 12.1. The van der Waals surface area contributed by atoms with E-state index in [9.17, 15) is 9.59 Å². The zero-order valence-corrected chi connectivity index (χ0v) is 14.4. The number of amides is 2. The Hall–Kier alpha value is -2.66. The minimum Gasteiger partial charge on any atom is -0.334 e. The molecule has 2 aromatic rings. The summed E-state index contributed by atoms with van der Waals surface area (Å²) in [4.78, 5) is 25.8. The van der Waals surface area contributed by atoms with Crippen molar-refractivity contribution in [2.75, 3.05) is 18.4 Å². The van der Waals surface area contributed by atoms with Crippen LogP contribution in [0.15, 0.2) is 54.6 Å². The van der Waals surface area contributed by atoms with Crippen molar-refractivity contribution in [1.82, 2.24) is 10.2 Å². The smallest absolute Gasteiger partial charge is 0.319 e. The lowest BCUT2D eigenvalue weighted by Gasteiger charge is -2.17. The number of likely N-dealkylation sites (tertiary alicyclic amines) is 1. The third-order valence-electron chi connectivity index (χ3n) is 4.41. The number of Topliss-reactive ketones (excluding diaryl/α,β-unsaturated/α-hetero) is 1. The summed E-state index contributed by atoms with van der Waals surface area (Å²) in [7, 11) is 0. The Morgan fingerprint density at radius 2 is 1.80 bits per heavy atom. The largest absolute Gasteiger partial charge is 0.334 e. The SMILES string of the molecule is CC(=O)c1ccc(NC(=O)NC2CCN(Cc3ccccc3)C2)cc1. The normalized spacial score (nSPS) is 17.2. The van der Waals surface area contributed by atoms with Crippen LogP contribution in [-0.2, 0) is 6.54 Å². The molecule has 1 fully saturated rings. The molecule has 1 aliphatic heterocycles. The number of benzene rings is 2. The van der Waals surface area contributed by atoms with Gasteiger partial charge in [-0.2, -0.15) is 0 Å². The monoisotopic (exact) mass is 337 g/mol. The van der Waals surface area contributed by atoms with Gasteiger partial charge in [0.15, 0.2) is 5.78 Å². The lowest BCUT2D eigenvalue weighted by Crippen LogP contribution is -2.39. The van der Waals surface area contributed by atoms with E-state index in [2.05, 4.69) is 27.7 Å². The lowest BCUT2D eigenvalue weighted by atomic mass is 10.1. The number of hydrogen-bond donors (Lipinski definition) is 2. The van der Waals surface area contributed by atoms with E-state index in [4.69, 9.17) is 0 Å². The molecule has 0 aromatic heterocycles. The van der Waals surface area contributed by atoms with Crippen LogP contribution in [0.5, 0.6) is 0 Å². The van der Waals surface area contributed by atoms with E-state index >= 15 is 0 Å². The molecule has 25 heavy (non-hydrogen) atoms. The van der Waals surface area contributed by atoms with Crippen LogP contribution < -0.4 is 10.6 Å². The Morgan fingerprint density at radius 1 is 1.08 bits per heavy atom. The topological polar surface area (TPSA) is 61.4 Å². The van der Waals surface area contributed by atoms with Gasteiger partial charge in [-0.25, -0.2) is 4.79 Å². The first-order valence-corrected chi connectivity index (χ1v) is 8.55. The van der Waals surface area contributed by atoms with Gasteiger partial charge in [-0.15, -0.1) is 0 Å². The summed E-state index contributed by atoms with van der Waals surface area (Å²) in [6, 6.07) is 17.2. The molecule has 5 nitrogen and oxygen atoms in total. The molecule has 0 bridgehead atoms. The van der Waals surface area contributed by atoms with Crippen LogP contribution in [0.1, 0.15) is 29.3 Å². The molecule has 1 heterocycles. The standard InChI is InChI=1S/C20H23N3O2/c1-15(24)17-7-9-18(10-8-17)21-20(25)22-19-11-12-23(14-19)13-16-5-3-2-4-6-16/h2-10,19H,11-14H2,1H3,(H2,21,22,25). The molecule has 2 amide bonds. The van der Waals surface area contributed by atoms with Gasteiger partial charge in [-0.05, 0) is 43.2 Å². The number of nitrogens with one attached hydrogen (secondary N) is 2. The number of carbonyl (C=O) groups is 2. The third-order valence-corrected chi connectivity index (χ3v) is 4.41. The third kappa shape index (κ3) is 4.90. The second kappa shape index (κ2) is 7.94. The molecule has 5 heteroatoms. The Labute approximate surface area is 148 Å². The molecule has 1 atom stereocenters. The number of nitrogens with zero attached hydrogens (tertiary/aromatic N) is 1. The van der Waals surface area contributed by atoms with Crippen molar-refractivity contribution < 1.29 is 9.59 Å².